The Labute approximate surface area is 174 Å². The molecule has 0 radical (unpaired) electrons. The maximum Gasteiger partial charge on any atom is 0.191 e. The molecule has 26 heavy (non-hydrogen) atoms. The molecule has 0 spiro atoms. The van der Waals surface area contributed by atoms with Gasteiger partial charge in [-0.15, -0.1) is 24.0 Å². The lowest BCUT2D eigenvalue weighted by atomic mass is 10.1. The molecule has 6 heteroatoms. The maximum absolute atomic E-state index is 4.35. The maximum atomic E-state index is 4.35. The summed E-state index contributed by atoms with van der Waals surface area (Å²) >= 11 is 0. The molecule has 1 atom stereocenters. The smallest absolute Gasteiger partial charge is 0.191 e. The minimum absolute atomic E-state index is 0. The van der Waals surface area contributed by atoms with Crippen molar-refractivity contribution < 1.29 is 0 Å². The van der Waals surface area contributed by atoms with Crippen molar-refractivity contribution in [2.75, 3.05) is 33.2 Å². The standard InChI is InChI=1S/C20H31N5.HI/c1-3-25-13-7-9-17(25)15-24-20(21-2)22-12-6-8-16-14-23-19-11-5-4-10-18(16)19;/h4-5,10-11,14,17,23H,3,6-9,12-13,15H2,1-2H3,(H2,21,22,24);1H. The number of nitrogens with zero attached hydrogens (tertiary/aromatic N) is 2. The summed E-state index contributed by atoms with van der Waals surface area (Å²) in [5.74, 6) is 0.918. The number of rotatable bonds is 7. The number of halogens is 1. The number of hydrogen-bond acceptors (Lipinski definition) is 2. The SMILES string of the molecule is CCN1CCCC1CNC(=NC)NCCCc1c[nH]c2ccccc12.I. The van der Waals surface area contributed by atoms with E-state index in [1.165, 1.54) is 35.9 Å². The number of likely N-dealkylation sites (N-methyl/N-ethyl adjacent to an activating group) is 1. The molecule has 1 aliphatic heterocycles. The van der Waals surface area contributed by atoms with Crippen LogP contribution in [0, 0.1) is 0 Å². The molecule has 3 rings (SSSR count). The van der Waals surface area contributed by atoms with Crippen molar-refractivity contribution >= 4 is 40.8 Å². The van der Waals surface area contributed by atoms with Crippen LogP contribution in [0.5, 0.6) is 0 Å². The monoisotopic (exact) mass is 469 g/mol. The van der Waals surface area contributed by atoms with E-state index in [0.717, 1.165) is 38.4 Å². The Morgan fingerprint density at radius 2 is 2.15 bits per heavy atom. The number of fused-ring (bicyclic) bond motifs is 1. The number of aromatic amines is 1. The summed E-state index contributed by atoms with van der Waals surface area (Å²) in [6.07, 6.45) is 6.90. The molecular formula is C20H32IN5. The van der Waals surface area contributed by atoms with Gasteiger partial charge in [-0.05, 0) is 50.4 Å². The largest absolute Gasteiger partial charge is 0.361 e. The second kappa shape index (κ2) is 10.8. The van der Waals surface area contributed by atoms with Crippen LogP contribution in [0.4, 0.5) is 0 Å². The first-order valence-corrected chi connectivity index (χ1v) is 9.55. The fourth-order valence-electron chi connectivity index (χ4n) is 3.80. The lowest BCUT2D eigenvalue weighted by Gasteiger charge is -2.23. The van der Waals surface area contributed by atoms with Crippen LogP contribution in [-0.2, 0) is 6.42 Å². The summed E-state index contributed by atoms with van der Waals surface area (Å²) in [4.78, 5) is 10.3. The van der Waals surface area contributed by atoms with Gasteiger partial charge in [0.25, 0.3) is 0 Å². The van der Waals surface area contributed by atoms with Crippen molar-refractivity contribution in [1.29, 1.82) is 0 Å². The number of hydrogen-bond donors (Lipinski definition) is 3. The molecular weight excluding hydrogens is 437 g/mol. The number of aromatic nitrogens is 1. The average molecular weight is 469 g/mol. The zero-order chi connectivity index (χ0) is 17.5. The molecule has 2 heterocycles. The van der Waals surface area contributed by atoms with E-state index >= 15 is 0 Å². The first-order valence-electron chi connectivity index (χ1n) is 9.55. The molecule has 1 aromatic carbocycles. The van der Waals surface area contributed by atoms with Crippen molar-refractivity contribution in [3.63, 3.8) is 0 Å². The van der Waals surface area contributed by atoms with Crippen LogP contribution in [0.25, 0.3) is 10.9 Å². The van der Waals surface area contributed by atoms with E-state index in [1.54, 1.807) is 0 Å². The van der Waals surface area contributed by atoms with E-state index in [0.29, 0.717) is 6.04 Å². The number of aliphatic imine (C=N–C) groups is 1. The first-order chi connectivity index (χ1) is 12.3. The summed E-state index contributed by atoms with van der Waals surface area (Å²) in [5.41, 5.74) is 2.62. The van der Waals surface area contributed by atoms with E-state index in [9.17, 15) is 0 Å². The Bertz CT molecular complexity index is 696. The van der Waals surface area contributed by atoms with Crippen LogP contribution in [0.3, 0.4) is 0 Å². The third-order valence-corrected chi connectivity index (χ3v) is 5.22. The van der Waals surface area contributed by atoms with Gasteiger partial charge < -0.3 is 15.6 Å². The van der Waals surface area contributed by atoms with Crippen molar-refractivity contribution in [1.82, 2.24) is 20.5 Å². The van der Waals surface area contributed by atoms with Crippen LogP contribution in [-0.4, -0.2) is 55.1 Å². The number of likely N-dealkylation sites (tertiary alicyclic amines) is 1. The van der Waals surface area contributed by atoms with Gasteiger partial charge in [-0.2, -0.15) is 0 Å². The summed E-state index contributed by atoms with van der Waals surface area (Å²) < 4.78 is 0. The highest BCUT2D eigenvalue weighted by atomic mass is 127. The Kier molecular flexibility index (Phi) is 8.71. The predicted octanol–water partition coefficient (Wildman–Crippen LogP) is 3.37. The molecule has 2 aromatic rings. The third-order valence-electron chi connectivity index (χ3n) is 5.22. The Morgan fingerprint density at radius 1 is 1.31 bits per heavy atom. The zero-order valence-electron chi connectivity index (χ0n) is 15.9. The van der Waals surface area contributed by atoms with Gasteiger partial charge >= 0.3 is 0 Å². The molecule has 1 aliphatic rings. The molecule has 5 nitrogen and oxygen atoms in total. The van der Waals surface area contributed by atoms with Gasteiger partial charge in [0, 0.05) is 43.3 Å². The van der Waals surface area contributed by atoms with E-state index in [1.807, 2.05) is 7.05 Å². The second-order valence-electron chi connectivity index (χ2n) is 6.77. The number of benzene rings is 1. The van der Waals surface area contributed by atoms with Gasteiger partial charge in [0.15, 0.2) is 5.96 Å². The minimum atomic E-state index is 0. The predicted molar refractivity (Wildman–Crippen MR) is 122 cm³/mol. The van der Waals surface area contributed by atoms with Gasteiger partial charge in [0.05, 0.1) is 0 Å². The van der Waals surface area contributed by atoms with Gasteiger partial charge in [0.1, 0.15) is 0 Å². The van der Waals surface area contributed by atoms with Crippen LogP contribution in [0.2, 0.25) is 0 Å². The number of H-pyrrole nitrogens is 1. The summed E-state index contributed by atoms with van der Waals surface area (Å²) in [5, 5.41) is 8.28. The second-order valence-corrected chi connectivity index (χ2v) is 6.77. The van der Waals surface area contributed by atoms with Gasteiger partial charge in [-0.3, -0.25) is 9.89 Å². The molecule has 1 saturated heterocycles. The molecule has 0 amide bonds. The lowest BCUT2D eigenvalue weighted by Crippen LogP contribution is -2.45. The average Bonchev–Trinajstić information content (AvgIpc) is 3.27. The Morgan fingerprint density at radius 3 is 2.96 bits per heavy atom. The minimum Gasteiger partial charge on any atom is -0.361 e. The van der Waals surface area contributed by atoms with E-state index in [2.05, 4.69) is 62.9 Å². The highest BCUT2D eigenvalue weighted by molar-refractivity contribution is 14.0. The molecule has 1 aromatic heterocycles. The van der Waals surface area contributed by atoms with Gasteiger partial charge in [-0.1, -0.05) is 25.1 Å². The van der Waals surface area contributed by atoms with Crippen molar-refractivity contribution in [2.24, 2.45) is 4.99 Å². The topological polar surface area (TPSA) is 55.4 Å². The molecule has 1 unspecified atom stereocenters. The van der Waals surface area contributed by atoms with Crippen molar-refractivity contribution in [2.45, 2.75) is 38.6 Å². The summed E-state index contributed by atoms with van der Waals surface area (Å²) in [6, 6.07) is 9.15. The summed E-state index contributed by atoms with van der Waals surface area (Å²) in [7, 11) is 1.85. The molecule has 1 fully saturated rings. The van der Waals surface area contributed by atoms with E-state index < -0.39 is 0 Å². The van der Waals surface area contributed by atoms with Crippen molar-refractivity contribution in [3.05, 3.63) is 36.0 Å². The number of aryl methyl sites for hydroxylation is 1. The molecule has 3 N–H and O–H groups in total. The first kappa shape index (κ1) is 21.0. The summed E-state index contributed by atoms with van der Waals surface area (Å²) in [6.45, 7) is 6.54. The molecule has 144 valence electrons. The van der Waals surface area contributed by atoms with Gasteiger partial charge in [0.2, 0.25) is 0 Å². The number of para-hydroxylation sites is 1. The van der Waals surface area contributed by atoms with Crippen LogP contribution >= 0.6 is 24.0 Å². The fourth-order valence-corrected chi connectivity index (χ4v) is 3.80. The van der Waals surface area contributed by atoms with Crippen LogP contribution in [0.1, 0.15) is 31.7 Å². The highest BCUT2D eigenvalue weighted by Crippen LogP contribution is 2.18. The Hall–Kier alpha value is -1.28. The van der Waals surface area contributed by atoms with E-state index in [-0.39, 0.29) is 24.0 Å². The molecule has 0 saturated carbocycles. The quantitative estimate of drug-likeness (QED) is 0.252. The Balaban J connectivity index is 0.00000243. The number of guanidine groups is 1. The van der Waals surface area contributed by atoms with Crippen LogP contribution in [0.15, 0.2) is 35.5 Å². The third kappa shape index (κ3) is 5.36. The fraction of sp³-hybridized carbons (Fsp3) is 0.550. The van der Waals surface area contributed by atoms with Crippen molar-refractivity contribution in [3.8, 4) is 0 Å². The normalized spacial score (nSPS) is 18.1. The van der Waals surface area contributed by atoms with Gasteiger partial charge in [-0.25, -0.2) is 0 Å². The molecule has 0 aliphatic carbocycles. The lowest BCUT2D eigenvalue weighted by molar-refractivity contribution is 0.267. The number of nitrogens with one attached hydrogen (secondary N) is 3. The highest BCUT2D eigenvalue weighted by Gasteiger charge is 2.22. The zero-order valence-corrected chi connectivity index (χ0v) is 18.3. The molecule has 0 bridgehead atoms. The van der Waals surface area contributed by atoms with Crippen LogP contribution < -0.4 is 10.6 Å². The van der Waals surface area contributed by atoms with E-state index in [4.69, 9.17) is 0 Å².